The maximum Gasteiger partial charge on any atom is 0.232 e. The van der Waals surface area contributed by atoms with Crippen LogP contribution in [0.15, 0.2) is 12.1 Å². The van der Waals surface area contributed by atoms with E-state index in [1.54, 1.807) is 9.80 Å². The summed E-state index contributed by atoms with van der Waals surface area (Å²) in [5.74, 6) is -3.46. The van der Waals surface area contributed by atoms with Crippen molar-refractivity contribution in [3.8, 4) is 0 Å². The minimum Gasteiger partial charge on any atom is -0.343 e. The number of rotatable bonds is 7. The van der Waals surface area contributed by atoms with Crippen molar-refractivity contribution in [2.45, 2.75) is 45.6 Å². The molecule has 0 radical (unpaired) electrons. The number of likely N-dealkylation sites (tertiary alicyclic amines) is 1. The van der Waals surface area contributed by atoms with E-state index in [0.717, 1.165) is 6.07 Å². The molecule has 0 saturated carbocycles. The van der Waals surface area contributed by atoms with E-state index in [0.29, 0.717) is 45.1 Å². The Balaban J connectivity index is 1.87. The number of amides is 2. The highest BCUT2D eigenvalue weighted by atomic mass is 19.2. The van der Waals surface area contributed by atoms with Gasteiger partial charge in [-0.1, -0.05) is 0 Å². The molecule has 1 atom stereocenters. The molecule has 1 fully saturated rings. The average Bonchev–Trinajstić information content (AvgIpc) is 2.67. The number of nitrogens with two attached hydrogens (primary N) is 1. The number of carbonyl (C=O) groups excluding carboxylic acids is 2. The van der Waals surface area contributed by atoms with Crippen LogP contribution in [0, 0.1) is 23.4 Å². The SMILES string of the molecule is CCN(CC)C(=O)CC(=O)N1CCC(C(N)Cc2cc(F)c(F)cc2F)CC1. The van der Waals surface area contributed by atoms with Gasteiger partial charge in [0.2, 0.25) is 11.8 Å². The van der Waals surface area contributed by atoms with Crippen LogP contribution in [0.1, 0.15) is 38.7 Å². The van der Waals surface area contributed by atoms with Gasteiger partial charge in [0.05, 0.1) is 0 Å². The minimum absolute atomic E-state index is 0.0371. The van der Waals surface area contributed by atoms with E-state index in [2.05, 4.69) is 0 Å². The molecule has 1 aliphatic heterocycles. The lowest BCUT2D eigenvalue weighted by molar-refractivity contribution is -0.141. The van der Waals surface area contributed by atoms with Crippen LogP contribution < -0.4 is 5.73 Å². The Morgan fingerprint density at radius 1 is 1.11 bits per heavy atom. The summed E-state index contributed by atoms with van der Waals surface area (Å²) >= 11 is 0. The van der Waals surface area contributed by atoms with E-state index < -0.39 is 23.5 Å². The predicted molar refractivity (Wildman–Crippen MR) is 99.8 cm³/mol. The van der Waals surface area contributed by atoms with Crippen molar-refractivity contribution in [3.63, 3.8) is 0 Å². The Bertz CT molecular complexity index is 702. The summed E-state index contributed by atoms with van der Waals surface area (Å²) in [7, 11) is 0. The molecule has 1 aromatic carbocycles. The first kappa shape index (κ1) is 22.2. The van der Waals surface area contributed by atoms with E-state index in [4.69, 9.17) is 5.73 Å². The van der Waals surface area contributed by atoms with Crippen molar-refractivity contribution in [2.24, 2.45) is 11.7 Å². The van der Waals surface area contributed by atoms with Crippen molar-refractivity contribution < 1.29 is 22.8 Å². The van der Waals surface area contributed by atoms with Gasteiger partial charge >= 0.3 is 0 Å². The van der Waals surface area contributed by atoms with Crippen molar-refractivity contribution in [3.05, 3.63) is 35.1 Å². The normalized spacial score (nSPS) is 16.1. The van der Waals surface area contributed by atoms with Crippen LogP contribution in [0.25, 0.3) is 0 Å². The van der Waals surface area contributed by atoms with Gasteiger partial charge in [-0.15, -0.1) is 0 Å². The zero-order valence-corrected chi connectivity index (χ0v) is 16.4. The minimum atomic E-state index is -1.22. The number of halogens is 3. The quantitative estimate of drug-likeness (QED) is 0.566. The van der Waals surface area contributed by atoms with Crippen molar-refractivity contribution in [1.29, 1.82) is 0 Å². The standard InChI is InChI=1S/C20H28F3N3O2/c1-3-25(4-2)19(27)12-20(28)26-7-5-13(6-8-26)18(24)10-14-9-16(22)17(23)11-15(14)21/h9,11,13,18H,3-8,10,12,24H2,1-2H3. The first-order valence-electron chi connectivity index (χ1n) is 9.71. The molecule has 5 nitrogen and oxygen atoms in total. The van der Waals surface area contributed by atoms with Crippen LogP contribution in [0.4, 0.5) is 13.2 Å². The molecule has 1 saturated heterocycles. The molecule has 2 rings (SSSR count). The zero-order chi connectivity index (χ0) is 20.8. The molecule has 1 aromatic rings. The second-order valence-electron chi connectivity index (χ2n) is 7.19. The third-order valence-electron chi connectivity index (χ3n) is 5.46. The Labute approximate surface area is 163 Å². The molecule has 1 aliphatic rings. The zero-order valence-electron chi connectivity index (χ0n) is 16.4. The number of benzene rings is 1. The van der Waals surface area contributed by atoms with Gasteiger partial charge in [-0.05, 0) is 50.7 Å². The van der Waals surface area contributed by atoms with E-state index in [1.165, 1.54) is 0 Å². The van der Waals surface area contributed by atoms with Crippen LogP contribution in [0.3, 0.4) is 0 Å². The number of hydrogen-bond donors (Lipinski definition) is 1. The van der Waals surface area contributed by atoms with Crippen molar-refractivity contribution >= 4 is 11.8 Å². The second kappa shape index (κ2) is 9.91. The van der Waals surface area contributed by atoms with Crippen molar-refractivity contribution in [1.82, 2.24) is 9.80 Å². The summed E-state index contributed by atoms with van der Waals surface area (Å²) in [5, 5.41) is 0. The van der Waals surface area contributed by atoms with Crippen molar-refractivity contribution in [2.75, 3.05) is 26.2 Å². The number of carbonyl (C=O) groups is 2. The summed E-state index contributed by atoms with van der Waals surface area (Å²) < 4.78 is 40.2. The third-order valence-corrected chi connectivity index (χ3v) is 5.46. The van der Waals surface area contributed by atoms with Gasteiger partial charge in [-0.25, -0.2) is 13.2 Å². The Morgan fingerprint density at radius 3 is 2.25 bits per heavy atom. The summed E-state index contributed by atoms with van der Waals surface area (Å²) in [6.07, 6.45) is 1.20. The van der Waals surface area contributed by atoms with E-state index >= 15 is 0 Å². The Kier molecular flexibility index (Phi) is 7.86. The Hall–Kier alpha value is -2.09. The fraction of sp³-hybridized carbons (Fsp3) is 0.600. The monoisotopic (exact) mass is 399 g/mol. The van der Waals surface area contributed by atoms with Crippen LogP contribution in [0.2, 0.25) is 0 Å². The van der Waals surface area contributed by atoms with Crippen LogP contribution in [-0.4, -0.2) is 53.8 Å². The van der Waals surface area contributed by atoms with Gasteiger partial charge in [-0.3, -0.25) is 9.59 Å². The van der Waals surface area contributed by atoms with Gasteiger partial charge in [0, 0.05) is 38.3 Å². The molecule has 0 aromatic heterocycles. The molecule has 8 heteroatoms. The average molecular weight is 399 g/mol. The fourth-order valence-corrected chi connectivity index (χ4v) is 3.65. The smallest absolute Gasteiger partial charge is 0.232 e. The van der Waals surface area contributed by atoms with Gasteiger partial charge in [0.1, 0.15) is 12.2 Å². The lowest BCUT2D eigenvalue weighted by Crippen LogP contribution is -2.45. The number of piperidine rings is 1. The number of hydrogen-bond acceptors (Lipinski definition) is 3. The maximum absolute atomic E-state index is 13.8. The molecule has 0 aliphatic carbocycles. The molecule has 1 heterocycles. The molecule has 2 N–H and O–H groups in total. The summed E-state index contributed by atoms with van der Waals surface area (Å²) in [5.41, 5.74) is 6.22. The first-order chi connectivity index (χ1) is 13.3. The molecule has 2 amide bonds. The van der Waals surface area contributed by atoms with Gasteiger partial charge in [0.15, 0.2) is 11.6 Å². The molecule has 28 heavy (non-hydrogen) atoms. The lowest BCUT2D eigenvalue weighted by atomic mass is 9.86. The fourth-order valence-electron chi connectivity index (χ4n) is 3.65. The second-order valence-corrected chi connectivity index (χ2v) is 7.19. The van der Waals surface area contributed by atoms with Gasteiger partial charge < -0.3 is 15.5 Å². The van der Waals surface area contributed by atoms with Crippen LogP contribution in [-0.2, 0) is 16.0 Å². The topological polar surface area (TPSA) is 66.6 Å². The summed E-state index contributed by atoms with van der Waals surface area (Å²) in [4.78, 5) is 27.7. The summed E-state index contributed by atoms with van der Waals surface area (Å²) in [6.45, 7) is 5.83. The van der Waals surface area contributed by atoms with E-state index in [-0.39, 0.29) is 36.1 Å². The van der Waals surface area contributed by atoms with Crippen LogP contribution >= 0.6 is 0 Å². The van der Waals surface area contributed by atoms with E-state index in [1.807, 2.05) is 13.8 Å². The maximum atomic E-state index is 13.8. The predicted octanol–water partition coefficient (Wildman–Crippen LogP) is 2.47. The largest absolute Gasteiger partial charge is 0.343 e. The first-order valence-corrected chi connectivity index (χ1v) is 9.71. The highest BCUT2D eigenvalue weighted by Crippen LogP contribution is 2.24. The van der Waals surface area contributed by atoms with Gasteiger partial charge in [0.25, 0.3) is 0 Å². The highest BCUT2D eigenvalue weighted by molar-refractivity contribution is 5.96. The number of nitrogens with zero attached hydrogens (tertiary/aromatic N) is 2. The highest BCUT2D eigenvalue weighted by Gasteiger charge is 2.28. The van der Waals surface area contributed by atoms with E-state index in [9.17, 15) is 22.8 Å². The molecule has 0 bridgehead atoms. The molecular formula is C20H28F3N3O2. The van der Waals surface area contributed by atoms with Gasteiger partial charge in [-0.2, -0.15) is 0 Å². The molecule has 1 unspecified atom stereocenters. The summed E-state index contributed by atoms with van der Waals surface area (Å²) in [6, 6.07) is 0.960. The molecule has 156 valence electrons. The third kappa shape index (κ3) is 5.47. The lowest BCUT2D eigenvalue weighted by Gasteiger charge is -2.35. The molecular weight excluding hydrogens is 371 g/mol. The Morgan fingerprint density at radius 2 is 1.68 bits per heavy atom. The van der Waals surface area contributed by atoms with Crippen LogP contribution in [0.5, 0.6) is 0 Å². The molecule has 0 spiro atoms.